The molecule has 2 saturated heterocycles. The molecule has 0 spiro atoms. The molecule has 2 fully saturated rings. The number of benzene rings is 1. The van der Waals surface area contributed by atoms with Crippen LogP contribution in [0.3, 0.4) is 0 Å². The zero-order chi connectivity index (χ0) is 18.0. The number of likely N-dealkylation sites (tertiary alicyclic amines) is 2. The van der Waals surface area contributed by atoms with Crippen molar-refractivity contribution in [2.45, 2.75) is 51.1 Å². The summed E-state index contributed by atoms with van der Waals surface area (Å²) in [5, 5.41) is 0. The number of carbonyl (C=O) groups is 2. The lowest BCUT2D eigenvalue weighted by Gasteiger charge is -2.41. The second-order valence-electron chi connectivity index (χ2n) is 7.69. The third kappa shape index (κ3) is 3.43. The van der Waals surface area contributed by atoms with Gasteiger partial charge in [0.2, 0.25) is 5.91 Å². The Kier molecular flexibility index (Phi) is 5.13. The predicted molar refractivity (Wildman–Crippen MR) is 98.1 cm³/mol. The van der Waals surface area contributed by atoms with Gasteiger partial charge in [-0.2, -0.15) is 0 Å². The topological polar surface area (TPSA) is 66.6 Å². The van der Waals surface area contributed by atoms with E-state index in [0.29, 0.717) is 18.0 Å². The number of hydrogen-bond acceptors (Lipinski definition) is 3. The molecule has 0 bridgehead atoms. The summed E-state index contributed by atoms with van der Waals surface area (Å²) in [6.45, 7) is 6.11. The molecule has 1 aromatic carbocycles. The van der Waals surface area contributed by atoms with Crippen LogP contribution in [-0.4, -0.2) is 52.8 Å². The quantitative estimate of drug-likeness (QED) is 0.915. The number of nitrogens with two attached hydrogens (primary N) is 1. The van der Waals surface area contributed by atoms with Gasteiger partial charge in [0.15, 0.2) is 0 Å². The van der Waals surface area contributed by atoms with E-state index in [-0.39, 0.29) is 17.9 Å². The van der Waals surface area contributed by atoms with Crippen LogP contribution in [-0.2, 0) is 4.79 Å². The molecule has 2 aliphatic rings. The summed E-state index contributed by atoms with van der Waals surface area (Å²) >= 11 is 0. The van der Waals surface area contributed by atoms with Crippen LogP contribution in [0.5, 0.6) is 0 Å². The van der Waals surface area contributed by atoms with Gasteiger partial charge < -0.3 is 15.5 Å². The summed E-state index contributed by atoms with van der Waals surface area (Å²) in [7, 11) is 0. The lowest BCUT2D eigenvalue weighted by Crippen LogP contribution is -2.58. The van der Waals surface area contributed by atoms with Gasteiger partial charge in [-0.05, 0) is 57.6 Å². The van der Waals surface area contributed by atoms with Crippen molar-refractivity contribution in [3.05, 3.63) is 35.9 Å². The number of piperidine rings is 1. The SMILES string of the molecule is CC(N)C1CCN(C(=O)C2(C)CCCN2C(=O)c2ccccc2)CC1. The summed E-state index contributed by atoms with van der Waals surface area (Å²) < 4.78 is 0. The molecule has 2 aliphatic heterocycles. The molecule has 0 aliphatic carbocycles. The van der Waals surface area contributed by atoms with Crippen molar-refractivity contribution in [3.8, 4) is 0 Å². The second-order valence-corrected chi connectivity index (χ2v) is 7.69. The van der Waals surface area contributed by atoms with E-state index in [4.69, 9.17) is 5.73 Å². The van der Waals surface area contributed by atoms with Gasteiger partial charge in [0.05, 0.1) is 0 Å². The third-order valence-corrected chi connectivity index (χ3v) is 5.94. The zero-order valence-corrected chi connectivity index (χ0v) is 15.3. The van der Waals surface area contributed by atoms with Crippen LogP contribution in [0.4, 0.5) is 0 Å². The number of nitrogens with zero attached hydrogens (tertiary/aromatic N) is 2. The average molecular weight is 343 g/mol. The van der Waals surface area contributed by atoms with Crippen molar-refractivity contribution in [1.29, 1.82) is 0 Å². The summed E-state index contributed by atoms with van der Waals surface area (Å²) in [4.78, 5) is 29.9. The van der Waals surface area contributed by atoms with Crippen LogP contribution >= 0.6 is 0 Å². The lowest BCUT2D eigenvalue weighted by atomic mass is 9.89. The summed E-state index contributed by atoms with van der Waals surface area (Å²) in [6.07, 6.45) is 3.51. The number of amides is 2. The first-order valence-corrected chi connectivity index (χ1v) is 9.35. The molecule has 2 heterocycles. The van der Waals surface area contributed by atoms with E-state index in [1.54, 1.807) is 4.90 Å². The normalized spacial score (nSPS) is 25.9. The highest BCUT2D eigenvalue weighted by Gasteiger charge is 2.48. The molecule has 2 atom stereocenters. The van der Waals surface area contributed by atoms with Gasteiger partial charge in [-0.25, -0.2) is 0 Å². The smallest absolute Gasteiger partial charge is 0.254 e. The standard InChI is InChI=1S/C20H29N3O2/c1-15(21)16-9-13-22(14-10-16)19(25)20(2)11-6-12-23(20)18(24)17-7-4-3-5-8-17/h3-5,7-8,15-16H,6,9-14,21H2,1-2H3. The van der Waals surface area contributed by atoms with Crippen LogP contribution in [0.1, 0.15) is 49.9 Å². The Morgan fingerprint density at radius 3 is 2.40 bits per heavy atom. The highest BCUT2D eigenvalue weighted by Crippen LogP contribution is 2.33. The van der Waals surface area contributed by atoms with Gasteiger partial charge >= 0.3 is 0 Å². The van der Waals surface area contributed by atoms with E-state index >= 15 is 0 Å². The molecule has 3 rings (SSSR count). The highest BCUT2D eigenvalue weighted by atomic mass is 16.2. The Bertz CT molecular complexity index is 623. The maximum absolute atomic E-state index is 13.2. The molecule has 0 radical (unpaired) electrons. The first kappa shape index (κ1) is 17.9. The van der Waals surface area contributed by atoms with Gasteiger partial charge in [-0.3, -0.25) is 9.59 Å². The van der Waals surface area contributed by atoms with Crippen molar-refractivity contribution in [2.24, 2.45) is 11.7 Å². The van der Waals surface area contributed by atoms with Gasteiger partial charge in [-0.15, -0.1) is 0 Å². The van der Waals surface area contributed by atoms with Crippen molar-refractivity contribution >= 4 is 11.8 Å². The molecule has 5 heteroatoms. The molecule has 2 N–H and O–H groups in total. The van der Waals surface area contributed by atoms with E-state index < -0.39 is 5.54 Å². The highest BCUT2D eigenvalue weighted by molar-refractivity contribution is 5.99. The molecule has 0 saturated carbocycles. The number of hydrogen-bond donors (Lipinski definition) is 1. The minimum Gasteiger partial charge on any atom is -0.341 e. The minimum atomic E-state index is -0.728. The lowest BCUT2D eigenvalue weighted by molar-refractivity contribution is -0.142. The molecular formula is C20H29N3O2. The largest absolute Gasteiger partial charge is 0.341 e. The summed E-state index contributed by atoms with van der Waals surface area (Å²) in [5.41, 5.74) is 5.93. The molecule has 2 unspecified atom stereocenters. The third-order valence-electron chi connectivity index (χ3n) is 5.94. The maximum Gasteiger partial charge on any atom is 0.254 e. The van der Waals surface area contributed by atoms with Crippen LogP contribution in [0, 0.1) is 5.92 Å². The molecule has 136 valence electrons. The Morgan fingerprint density at radius 2 is 1.80 bits per heavy atom. The predicted octanol–water partition coefficient (Wildman–Crippen LogP) is 2.27. The zero-order valence-electron chi connectivity index (χ0n) is 15.3. The van der Waals surface area contributed by atoms with Crippen LogP contribution in [0.15, 0.2) is 30.3 Å². The van der Waals surface area contributed by atoms with Crippen LogP contribution in [0.2, 0.25) is 0 Å². The fourth-order valence-electron chi connectivity index (χ4n) is 4.22. The van der Waals surface area contributed by atoms with Crippen molar-refractivity contribution in [3.63, 3.8) is 0 Å². The molecular weight excluding hydrogens is 314 g/mol. The minimum absolute atomic E-state index is 0.0422. The first-order chi connectivity index (χ1) is 11.9. The van der Waals surface area contributed by atoms with E-state index in [0.717, 1.165) is 38.8 Å². The molecule has 0 aromatic heterocycles. The van der Waals surface area contributed by atoms with Gasteiger partial charge in [0, 0.05) is 31.2 Å². The Labute approximate surface area is 150 Å². The molecule has 25 heavy (non-hydrogen) atoms. The van der Waals surface area contributed by atoms with E-state index in [1.165, 1.54) is 0 Å². The van der Waals surface area contributed by atoms with Crippen molar-refractivity contribution < 1.29 is 9.59 Å². The van der Waals surface area contributed by atoms with Gasteiger partial charge in [0.1, 0.15) is 5.54 Å². The maximum atomic E-state index is 13.2. The van der Waals surface area contributed by atoms with E-state index in [2.05, 4.69) is 0 Å². The second kappa shape index (κ2) is 7.16. The van der Waals surface area contributed by atoms with E-state index in [9.17, 15) is 9.59 Å². The Morgan fingerprint density at radius 1 is 1.16 bits per heavy atom. The van der Waals surface area contributed by atoms with E-state index in [1.807, 2.05) is 49.1 Å². The number of carbonyl (C=O) groups excluding carboxylic acids is 2. The van der Waals surface area contributed by atoms with Crippen LogP contribution < -0.4 is 5.73 Å². The monoisotopic (exact) mass is 343 g/mol. The number of rotatable bonds is 3. The van der Waals surface area contributed by atoms with Crippen LogP contribution in [0.25, 0.3) is 0 Å². The Hall–Kier alpha value is -1.88. The van der Waals surface area contributed by atoms with Gasteiger partial charge in [-0.1, -0.05) is 18.2 Å². The van der Waals surface area contributed by atoms with Gasteiger partial charge in [0.25, 0.3) is 5.91 Å². The van der Waals surface area contributed by atoms with Crippen molar-refractivity contribution in [2.75, 3.05) is 19.6 Å². The molecule has 5 nitrogen and oxygen atoms in total. The van der Waals surface area contributed by atoms with Crippen molar-refractivity contribution in [1.82, 2.24) is 9.80 Å². The summed E-state index contributed by atoms with van der Waals surface area (Å²) in [5.74, 6) is 0.541. The Balaban J connectivity index is 1.73. The molecule has 1 aromatic rings. The summed E-state index contributed by atoms with van der Waals surface area (Å²) in [6, 6.07) is 9.44. The molecule has 2 amide bonds. The fourth-order valence-corrected chi connectivity index (χ4v) is 4.22. The first-order valence-electron chi connectivity index (χ1n) is 9.35. The fraction of sp³-hybridized carbons (Fsp3) is 0.600. The average Bonchev–Trinajstić information content (AvgIpc) is 3.04.